The zero-order chi connectivity index (χ0) is 49.5. The standard InChI is InChI=1S/C53H60N6O9S2/c1-33-48(69-32-55-33)36-7-5-34(6-8-36)29-54-51(65)43-27-41(62)30-59(43)52(66)50(53(2,3)4)56-45(63)31-68-26-25-67-24-23-57-19-21-58(22-20-57)38-13-9-35(10-14-38)47(64)46-42-18-17-40(61)28-44(42)70-49(46)37-11-15-39(60)16-12-37/h5-18,28,32,41,43,50,60-62H,19-27,29-31H2,1-4H3,(H,54,65)(H,56,63)/t41-,43+,50?/m1/s1. The number of nitrogens with one attached hydrogen (secondary N) is 2. The number of aliphatic hydroxyl groups is 1. The predicted octanol–water partition coefficient (Wildman–Crippen LogP) is 6.61. The van der Waals surface area contributed by atoms with Crippen molar-refractivity contribution in [1.29, 1.82) is 0 Å². The monoisotopic (exact) mass is 988 g/mol. The molecule has 4 aromatic carbocycles. The van der Waals surface area contributed by atoms with Gasteiger partial charge in [-0.25, -0.2) is 4.98 Å². The molecule has 0 spiro atoms. The van der Waals surface area contributed by atoms with E-state index in [0.717, 1.165) is 80.6 Å². The van der Waals surface area contributed by atoms with E-state index in [1.807, 2.05) is 81.7 Å². The maximum Gasteiger partial charge on any atom is 0.246 e. The van der Waals surface area contributed by atoms with Crippen molar-refractivity contribution in [1.82, 2.24) is 25.4 Å². The van der Waals surface area contributed by atoms with Crippen LogP contribution in [0, 0.1) is 12.3 Å². The Labute approximate surface area is 415 Å². The zero-order valence-electron chi connectivity index (χ0n) is 39.9. The highest BCUT2D eigenvalue weighted by atomic mass is 32.1. The van der Waals surface area contributed by atoms with Gasteiger partial charge < -0.3 is 45.2 Å². The molecule has 0 bridgehead atoms. The van der Waals surface area contributed by atoms with Gasteiger partial charge in [-0.15, -0.1) is 22.7 Å². The lowest BCUT2D eigenvalue weighted by Crippen LogP contribution is -2.58. The molecule has 15 nitrogen and oxygen atoms in total. The number of amides is 3. The molecule has 70 heavy (non-hydrogen) atoms. The van der Waals surface area contributed by atoms with Crippen LogP contribution in [0.15, 0.2) is 96.5 Å². The summed E-state index contributed by atoms with van der Waals surface area (Å²) in [4.78, 5) is 66.8. The van der Waals surface area contributed by atoms with Crippen LogP contribution in [0.5, 0.6) is 11.5 Å². The molecule has 5 N–H and O–H groups in total. The van der Waals surface area contributed by atoms with Crippen molar-refractivity contribution in [3.8, 4) is 32.4 Å². The average Bonchev–Trinajstić information content (AvgIpc) is 4.08. The number of aliphatic hydroxyl groups excluding tert-OH is 1. The van der Waals surface area contributed by atoms with E-state index in [1.165, 1.54) is 16.2 Å². The van der Waals surface area contributed by atoms with Crippen molar-refractivity contribution < 1.29 is 44.0 Å². The minimum Gasteiger partial charge on any atom is -0.508 e. The molecule has 17 heteroatoms. The van der Waals surface area contributed by atoms with E-state index >= 15 is 0 Å². The van der Waals surface area contributed by atoms with Gasteiger partial charge in [0.15, 0.2) is 5.78 Å². The van der Waals surface area contributed by atoms with E-state index in [0.29, 0.717) is 24.3 Å². The molecule has 0 aliphatic carbocycles. The summed E-state index contributed by atoms with van der Waals surface area (Å²) in [6, 6.07) is 25.5. The minimum absolute atomic E-state index is 0.0159. The molecule has 2 aromatic heterocycles. The van der Waals surface area contributed by atoms with Gasteiger partial charge in [-0.1, -0.05) is 45.0 Å². The third kappa shape index (κ3) is 12.0. The number of benzene rings is 4. The van der Waals surface area contributed by atoms with Crippen molar-refractivity contribution in [2.24, 2.45) is 5.41 Å². The van der Waals surface area contributed by atoms with E-state index in [1.54, 1.807) is 53.8 Å². The number of piperazine rings is 1. The Balaban J connectivity index is 0.740. The van der Waals surface area contributed by atoms with Crippen LogP contribution in [-0.2, 0) is 30.4 Å². The highest BCUT2D eigenvalue weighted by molar-refractivity contribution is 7.22. The molecule has 2 aliphatic rings. The molecule has 3 atom stereocenters. The van der Waals surface area contributed by atoms with E-state index in [4.69, 9.17) is 9.47 Å². The zero-order valence-corrected chi connectivity index (χ0v) is 41.5. The number of β-amino-alcohol motifs (C(OH)–C–C–N with tert-alkyl or cyclic N) is 1. The Morgan fingerprint density at radius 3 is 2.19 bits per heavy atom. The van der Waals surface area contributed by atoms with Crippen LogP contribution in [0.25, 0.3) is 31.0 Å². The fourth-order valence-electron chi connectivity index (χ4n) is 8.89. The summed E-state index contributed by atoms with van der Waals surface area (Å²) >= 11 is 3.01. The number of thiophene rings is 1. The molecule has 1 unspecified atom stereocenters. The van der Waals surface area contributed by atoms with E-state index in [9.17, 15) is 34.5 Å². The first-order chi connectivity index (χ1) is 33.6. The summed E-state index contributed by atoms with van der Waals surface area (Å²) in [5.41, 5.74) is 7.00. The Morgan fingerprint density at radius 1 is 0.829 bits per heavy atom. The van der Waals surface area contributed by atoms with Gasteiger partial charge in [0, 0.05) is 84.0 Å². The van der Waals surface area contributed by atoms with Crippen molar-refractivity contribution in [2.75, 3.05) is 70.6 Å². The van der Waals surface area contributed by atoms with Crippen molar-refractivity contribution >= 4 is 62.0 Å². The minimum atomic E-state index is -0.964. The number of phenolic OH excluding ortho intramolecular Hbond substituents is 2. The lowest BCUT2D eigenvalue weighted by Gasteiger charge is -2.36. The number of ether oxygens (including phenoxy) is 2. The number of hydrogen-bond donors (Lipinski definition) is 5. The Bertz CT molecular complexity index is 2780. The average molecular weight is 989 g/mol. The number of phenols is 2. The van der Waals surface area contributed by atoms with Gasteiger partial charge >= 0.3 is 0 Å². The number of carbonyl (C=O) groups excluding carboxylic acids is 4. The summed E-state index contributed by atoms with van der Waals surface area (Å²) < 4.78 is 12.3. The van der Waals surface area contributed by atoms with Crippen LogP contribution in [0.3, 0.4) is 0 Å². The Morgan fingerprint density at radius 2 is 1.50 bits per heavy atom. The van der Waals surface area contributed by atoms with Crippen LogP contribution < -0.4 is 15.5 Å². The first-order valence-corrected chi connectivity index (χ1v) is 25.2. The summed E-state index contributed by atoms with van der Waals surface area (Å²) in [6.07, 6.45) is -0.776. The maximum atomic E-state index is 14.1. The molecular formula is C53H60N6O9S2. The van der Waals surface area contributed by atoms with Gasteiger partial charge in [-0.05, 0) is 95.8 Å². The Kier molecular flexibility index (Phi) is 16.0. The fraction of sp³-hybridized carbons (Fsp3) is 0.377. The van der Waals surface area contributed by atoms with E-state index < -0.39 is 35.4 Å². The number of anilines is 1. The number of aryl methyl sites for hydroxylation is 1. The van der Waals surface area contributed by atoms with Crippen LogP contribution in [0.4, 0.5) is 5.69 Å². The molecule has 2 aliphatic heterocycles. The van der Waals surface area contributed by atoms with Crippen LogP contribution in [0.2, 0.25) is 0 Å². The lowest BCUT2D eigenvalue weighted by atomic mass is 9.85. The number of carbonyl (C=O) groups is 4. The summed E-state index contributed by atoms with van der Waals surface area (Å²) in [7, 11) is 0. The highest BCUT2D eigenvalue weighted by Gasteiger charge is 2.44. The molecule has 3 amide bonds. The smallest absolute Gasteiger partial charge is 0.246 e. The van der Waals surface area contributed by atoms with Gasteiger partial charge in [-0.2, -0.15) is 0 Å². The van der Waals surface area contributed by atoms with E-state index in [2.05, 4.69) is 25.4 Å². The van der Waals surface area contributed by atoms with Gasteiger partial charge in [0.25, 0.3) is 0 Å². The second-order valence-electron chi connectivity index (χ2n) is 18.8. The topological polar surface area (TPSA) is 194 Å². The predicted molar refractivity (Wildman–Crippen MR) is 272 cm³/mol. The molecule has 368 valence electrons. The number of ketones is 1. The van der Waals surface area contributed by atoms with Crippen molar-refractivity contribution in [3.63, 3.8) is 0 Å². The fourth-order valence-corrected chi connectivity index (χ4v) is 10.9. The number of likely N-dealkylation sites (tertiary alicyclic amines) is 1. The molecule has 0 radical (unpaired) electrons. The highest BCUT2D eigenvalue weighted by Crippen LogP contribution is 2.42. The molecule has 8 rings (SSSR count). The summed E-state index contributed by atoms with van der Waals surface area (Å²) in [5, 5.41) is 37.1. The lowest BCUT2D eigenvalue weighted by molar-refractivity contribution is -0.144. The largest absolute Gasteiger partial charge is 0.508 e. The SMILES string of the molecule is Cc1ncsc1-c1ccc(CNC(=O)[C@@H]2C[C@@H](O)CN2C(=O)C(NC(=O)COCCOCCN2CCN(c3ccc(C(=O)c4c(-c5ccc(O)cc5)sc5cc(O)ccc45)cc3)CC2)C(C)(C)C)cc1. The van der Waals surface area contributed by atoms with Crippen molar-refractivity contribution in [2.45, 2.75) is 58.8 Å². The molecule has 4 heterocycles. The number of hydrogen-bond acceptors (Lipinski definition) is 14. The summed E-state index contributed by atoms with van der Waals surface area (Å²) in [6.45, 7) is 12.4. The number of nitrogens with zero attached hydrogens (tertiary/aromatic N) is 4. The first-order valence-electron chi connectivity index (χ1n) is 23.5. The third-order valence-electron chi connectivity index (χ3n) is 12.8. The second-order valence-corrected chi connectivity index (χ2v) is 20.8. The van der Waals surface area contributed by atoms with Gasteiger partial charge in [0.05, 0.1) is 42.0 Å². The Hall–Kier alpha value is -6.21. The molecule has 6 aromatic rings. The van der Waals surface area contributed by atoms with Crippen molar-refractivity contribution in [3.05, 3.63) is 119 Å². The quantitative estimate of drug-likeness (QED) is 0.0458. The number of thiazole rings is 1. The molecular weight excluding hydrogens is 929 g/mol. The molecule has 2 saturated heterocycles. The number of rotatable bonds is 18. The molecule has 2 fully saturated rings. The van der Waals surface area contributed by atoms with Gasteiger partial charge in [-0.3, -0.25) is 24.1 Å². The first kappa shape index (κ1) is 50.2. The normalized spacial score (nSPS) is 16.9. The van der Waals surface area contributed by atoms with Crippen LogP contribution in [0.1, 0.15) is 54.4 Å². The third-order valence-corrected chi connectivity index (χ3v) is 14.9. The number of aromatic nitrogens is 1. The maximum absolute atomic E-state index is 14.1. The number of fused-ring (bicyclic) bond motifs is 1. The second kappa shape index (κ2) is 22.3. The van der Waals surface area contributed by atoms with Gasteiger partial charge in [0.2, 0.25) is 17.7 Å². The molecule has 0 saturated carbocycles. The van der Waals surface area contributed by atoms with Crippen LogP contribution >= 0.6 is 22.7 Å². The number of aromatic hydroxyl groups is 2. The summed E-state index contributed by atoms with van der Waals surface area (Å²) in [5.74, 6) is -1.12. The van der Waals surface area contributed by atoms with Crippen LogP contribution in [-0.4, -0.2) is 137 Å². The van der Waals surface area contributed by atoms with E-state index in [-0.39, 0.29) is 55.9 Å². The van der Waals surface area contributed by atoms with Gasteiger partial charge in [0.1, 0.15) is 30.2 Å².